The smallest absolute Gasteiger partial charge is 0.239 e. The van der Waals surface area contributed by atoms with Gasteiger partial charge in [0.2, 0.25) is 5.91 Å². The second-order valence-corrected chi connectivity index (χ2v) is 4.37. The molecular formula is C14H20N2O2. The van der Waals surface area contributed by atoms with Crippen molar-refractivity contribution < 1.29 is 9.59 Å². The highest BCUT2D eigenvalue weighted by atomic mass is 16.2. The quantitative estimate of drug-likeness (QED) is 0.781. The van der Waals surface area contributed by atoms with Crippen LogP contribution in [0.15, 0.2) is 18.2 Å². The van der Waals surface area contributed by atoms with Crippen LogP contribution in [0.4, 0.5) is 5.69 Å². The molecule has 0 aromatic heterocycles. The van der Waals surface area contributed by atoms with Crippen molar-refractivity contribution in [1.29, 1.82) is 0 Å². The zero-order valence-corrected chi connectivity index (χ0v) is 11.2. The Morgan fingerprint density at radius 3 is 2.72 bits per heavy atom. The molecule has 0 unspecified atom stereocenters. The lowest BCUT2D eigenvalue weighted by molar-refractivity contribution is -0.119. The number of hydrogen-bond donors (Lipinski definition) is 1. The van der Waals surface area contributed by atoms with Crippen LogP contribution in [0.5, 0.6) is 0 Å². The van der Waals surface area contributed by atoms with E-state index >= 15 is 0 Å². The van der Waals surface area contributed by atoms with Gasteiger partial charge in [0, 0.05) is 24.8 Å². The number of anilines is 1. The van der Waals surface area contributed by atoms with Gasteiger partial charge in [-0.15, -0.1) is 0 Å². The summed E-state index contributed by atoms with van der Waals surface area (Å²) in [5.74, 6) is 0.0122. The van der Waals surface area contributed by atoms with E-state index in [1.54, 1.807) is 6.07 Å². The Morgan fingerprint density at radius 1 is 1.44 bits per heavy atom. The lowest BCUT2D eigenvalue weighted by Crippen LogP contribution is -2.35. The number of aldehydes is 1. The minimum Gasteiger partial charge on any atom is -0.365 e. The molecule has 1 rings (SSSR count). The number of benzene rings is 1. The Hall–Kier alpha value is -1.84. The number of carbonyl (C=O) groups excluding carboxylic acids is 2. The predicted octanol–water partition coefficient (Wildman–Crippen LogP) is 1.77. The molecule has 1 N–H and O–H groups in total. The molecule has 0 aliphatic heterocycles. The van der Waals surface area contributed by atoms with Crippen LogP contribution >= 0.6 is 0 Å². The molecule has 0 saturated heterocycles. The molecule has 98 valence electrons. The Labute approximate surface area is 108 Å². The number of nitrogens with zero attached hydrogens (tertiary/aromatic N) is 1. The van der Waals surface area contributed by atoms with E-state index < -0.39 is 0 Å². The molecule has 18 heavy (non-hydrogen) atoms. The largest absolute Gasteiger partial charge is 0.365 e. The van der Waals surface area contributed by atoms with E-state index in [1.165, 1.54) is 0 Å². The summed E-state index contributed by atoms with van der Waals surface area (Å²) >= 11 is 0. The standard InChI is InChI=1S/C14H20N2O2/c1-4-7-15-14(18)9-16(3)13-6-5-12(10-17)8-11(13)2/h5-6,8,10H,4,7,9H2,1-3H3,(H,15,18). The zero-order chi connectivity index (χ0) is 13.5. The van der Waals surface area contributed by atoms with Gasteiger partial charge in [-0.2, -0.15) is 0 Å². The summed E-state index contributed by atoms with van der Waals surface area (Å²) in [5, 5.41) is 2.84. The molecule has 0 fully saturated rings. The van der Waals surface area contributed by atoms with Crippen LogP contribution in [-0.4, -0.2) is 32.3 Å². The van der Waals surface area contributed by atoms with Gasteiger partial charge in [0.05, 0.1) is 6.54 Å². The van der Waals surface area contributed by atoms with Gasteiger partial charge < -0.3 is 10.2 Å². The van der Waals surface area contributed by atoms with Crippen LogP contribution in [0.25, 0.3) is 0 Å². The summed E-state index contributed by atoms with van der Waals surface area (Å²) in [5.41, 5.74) is 2.61. The second-order valence-electron chi connectivity index (χ2n) is 4.37. The van der Waals surface area contributed by atoms with Crippen LogP contribution in [0.3, 0.4) is 0 Å². The topological polar surface area (TPSA) is 49.4 Å². The molecule has 0 aliphatic carbocycles. The Bertz CT molecular complexity index is 430. The normalized spacial score (nSPS) is 9.94. The van der Waals surface area contributed by atoms with Gasteiger partial charge in [-0.25, -0.2) is 0 Å². The van der Waals surface area contributed by atoms with E-state index in [9.17, 15) is 9.59 Å². The predicted molar refractivity (Wildman–Crippen MR) is 73.1 cm³/mol. The third-order valence-corrected chi connectivity index (χ3v) is 2.72. The lowest BCUT2D eigenvalue weighted by Gasteiger charge is -2.21. The third kappa shape index (κ3) is 3.87. The van der Waals surface area contributed by atoms with Crippen LogP contribution in [0, 0.1) is 6.92 Å². The summed E-state index contributed by atoms with van der Waals surface area (Å²) in [6, 6.07) is 5.45. The summed E-state index contributed by atoms with van der Waals surface area (Å²) in [6.07, 6.45) is 1.76. The fourth-order valence-electron chi connectivity index (χ4n) is 1.80. The van der Waals surface area contributed by atoms with E-state index in [4.69, 9.17) is 0 Å². The van der Waals surface area contributed by atoms with E-state index in [1.807, 2.05) is 37.9 Å². The minimum absolute atomic E-state index is 0.0122. The molecule has 1 aromatic carbocycles. The molecule has 0 saturated carbocycles. The fourth-order valence-corrected chi connectivity index (χ4v) is 1.80. The van der Waals surface area contributed by atoms with Crippen molar-refractivity contribution in [3.8, 4) is 0 Å². The Morgan fingerprint density at radius 2 is 2.17 bits per heavy atom. The lowest BCUT2D eigenvalue weighted by atomic mass is 10.1. The first-order valence-electron chi connectivity index (χ1n) is 6.12. The number of likely N-dealkylation sites (N-methyl/N-ethyl adjacent to an activating group) is 1. The van der Waals surface area contributed by atoms with Crippen molar-refractivity contribution in [3.63, 3.8) is 0 Å². The SMILES string of the molecule is CCCNC(=O)CN(C)c1ccc(C=O)cc1C. The van der Waals surface area contributed by atoms with Gasteiger partial charge >= 0.3 is 0 Å². The summed E-state index contributed by atoms with van der Waals surface area (Å²) in [7, 11) is 1.87. The van der Waals surface area contributed by atoms with Crippen LogP contribution in [0.1, 0.15) is 29.3 Å². The van der Waals surface area contributed by atoms with Crippen molar-refractivity contribution in [2.45, 2.75) is 20.3 Å². The number of hydrogen-bond acceptors (Lipinski definition) is 3. The fraction of sp³-hybridized carbons (Fsp3) is 0.429. The van der Waals surface area contributed by atoms with Crippen molar-refractivity contribution >= 4 is 17.9 Å². The summed E-state index contributed by atoms with van der Waals surface area (Å²) in [4.78, 5) is 24.2. The third-order valence-electron chi connectivity index (χ3n) is 2.72. The minimum atomic E-state index is 0.0122. The molecule has 1 amide bonds. The first-order valence-corrected chi connectivity index (χ1v) is 6.12. The van der Waals surface area contributed by atoms with E-state index in [0.29, 0.717) is 18.7 Å². The second kappa shape index (κ2) is 6.79. The molecule has 0 atom stereocenters. The van der Waals surface area contributed by atoms with Gasteiger partial charge in [0.1, 0.15) is 6.29 Å². The molecule has 0 aliphatic rings. The van der Waals surface area contributed by atoms with Crippen molar-refractivity contribution in [3.05, 3.63) is 29.3 Å². The molecule has 0 radical (unpaired) electrons. The van der Waals surface area contributed by atoms with E-state index in [0.717, 1.165) is 24.0 Å². The first kappa shape index (κ1) is 14.2. The number of aryl methyl sites for hydroxylation is 1. The van der Waals surface area contributed by atoms with Gasteiger partial charge in [0.15, 0.2) is 0 Å². The summed E-state index contributed by atoms with van der Waals surface area (Å²) in [6.45, 7) is 4.98. The molecule has 0 heterocycles. The highest BCUT2D eigenvalue weighted by Gasteiger charge is 2.09. The average Bonchev–Trinajstić information content (AvgIpc) is 2.35. The first-order chi connectivity index (χ1) is 8.58. The Kier molecular flexibility index (Phi) is 5.36. The molecule has 4 heteroatoms. The van der Waals surface area contributed by atoms with Crippen molar-refractivity contribution in [2.75, 3.05) is 25.0 Å². The number of carbonyl (C=O) groups is 2. The van der Waals surface area contributed by atoms with Crippen molar-refractivity contribution in [2.24, 2.45) is 0 Å². The molecule has 0 spiro atoms. The number of nitrogens with one attached hydrogen (secondary N) is 1. The van der Waals surface area contributed by atoms with Crippen LogP contribution in [-0.2, 0) is 4.79 Å². The Balaban J connectivity index is 2.69. The average molecular weight is 248 g/mol. The van der Waals surface area contributed by atoms with Gasteiger partial charge in [0.25, 0.3) is 0 Å². The highest BCUT2D eigenvalue weighted by molar-refractivity contribution is 5.82. The van der Waals surface area contributed by atoms with E-state index in [2.05, 4.69) is 5.32 Å². The van der Waals surface area contributed by atoms with E-state index in [-0.39, 0.29) is 5.91 Å². The molecule has 0 bridgehead atoms. The summed E-state index contributed by atoms with van der Waals surface area (Å²) < 4.78 is 0. The van der Waals surface area contributed by atoms with Gasteiger partial charge in [-0.05, 0) is 37.1 Å². The van der Waals surface area contributed by atoms with Crippen LogP contribution in [0.2, 0.25) is 0 Å². The zero-order valence-electron chi connectivity index (χ0n) is 11.2. The number of amides is 1. The maximum absolute atomic E-state index is 11.6. The maximum atomic E-state index is 11.6. The molecule has 1 aromatic rings. The monoisotopic (exact) mass is 248 g/mol. The number of rotatable bonds is 6. The van der Waals surface area contributed by atoms with Crippen molar-refractivity contribution in [1.82, 2.24) is 5.32 Å². The maximum Gasteiger partial charge on any atom is 0.239 e. The van der Waals surface area contributed by atoms with Gasteiger partial charge in [-0.3, -0.25) is 9.59 Å². The molecule has 4 nitrogen and oxygen atoms in total. The van der Waals surface area contributed by atoms with Gasteiger partial charge in [-0.1, -0.05) is 6.92 Å². The highest BCUT2D eigenvalue weighted by Crippen LogP contribution is 2.19. The molecular weight excluding hydrogens is 228 g/mol. The van der Waals surface area contributed by atoms with Crippen LogP contribution < -0.4 is 10.2 Å².